The first-order valence-electron chi connectivity index (χ1n) is 17.8. The highest BCUT2D eigenvalue weighted by Crippen LogP contribution is 2.44. The minimum atomic E-state index is -0.882. The number of aromatic amines is 2. The van der Waals surface area contributed by atoms with Crippen LogP contribution >= 0.6 is 0 Å². The molecule has 0 unspecified atom stereocenters. The van der Waals surface area contributed by atoms with Crippen molar-refractivity contribution in [1.29, 1.82) is 0 Å². The number of hydrogen-bond acceptors (Lipinski definition) is 3. The number of nitrogens with one attached hydrogen (secondary N) is 2. The molecule has 0 saturated heterocycles. The predicted molar refractivity (Wildman–Crippen MR) is 197 cm³/mol. The highest BCUT2D eigenvalue weighted by Gasteiger charge is 2.25. The quantitative estimate of drug-likeness (QED) is 0.156. The number of ether oxygens (including phenoxy) is 1. The molecule has 0 radical (unpaired) electrons. The number of esters is 1. The first kappa shape index (κ1) is 32.4. The van der Waals surface area contributed by atoms with Crippen LogP contribution in [-0.4, -0.2) is 34.1 Å². The third kappa shape index (κ3) is 6.78. The van der Waals surface area contributed by atoms with E-state index in [1.54, 1.807) is 12.1 Å². The number of aromatic carboxylic acids is 1. The number of benzene rings is 4. The van der Waals surface area contributed by atoms with Gasteiger partial charge in [-0.05, 0) is 84.0 Å². The Balaban J connectivity index is 0.000000154. The monoisotopic (exact) mass is 652 g/mol. The molecule has 2 fully saturated rings. The normalized spacial score (nSPS) is 15.5. The van der Waals surface area contributed by atoms with Crippen LogP contribution in [-0.2, 0) is 4.74 Å². The van der Waals surface area contributed by atoms with Gasteiger partial charge in [0, 0.05) is 33.2 Å². The second kappa shape index (κ2) is 14.6. The molecule has 8 rings (SSSR count). The van der Waals surface area contributed by atoms with Crippen LogP contribution in [0.15, 0.2) is 97.1 Å². The van der Waals surface area contributed by atoms with Gasteiger partial charge in [-0.25, -0.2) is 9.59 Å². The van der Waals surface area contributed by atoms with Gasteiger partial charge in [0.1, 0.15) is 0 Å². The van der Waals surface area contributed by atoms with E-state index in [4.69, 9.17) is 4.74 Å². The maximum Gasteiger partial charge on any atom is 0.337 e. The summed E-state index contributed by atoms with van der Waals surface area (Å²) in [6.07, 6.45) is 12.7. The smallest absolute Gasteiger partial charge is 0.337 e. The van der Waals surface area contributed by atoms with Crippen LogP contribution in [0.4, 0.5) is 0 Å². The Morgan fingerprint density at radius 3 is 1.45 bits per heavy atom. The summed E-state index contributed by atoms with van der Waals surface area (Å²) >= 11 is 0. The molecule has 0 atom stereocenters. The summed E-state index contributed by atoms with van der Waals surface area (Å²) in [5.74, 6) is -0.0379. The Hall–Kier alpha value is -5.10. The highest BCUT2D eigenvalue weighted by molar-refractivity contribution is 5.99. The van der Waals surface area contributed by atoms with Crippen LogP contribution in [0.1, 0.15) is 108 Å². The second-order valence-electron chi connectivity index (χ2n) is 13.5. The SMILES string of the molecule is COC(=O)c1ccc2c(C3CCCCC3)c(-c3ccccc3)[nH]c2c1.O=C(O)c1ccc2c(C3CCCCC3)c(-c3ccccc3)[nH]c2c1. The second-order valence-corrected chi connectivity index (χ2v) is 13.5. The van der Waals surface area contributed by atoms with Crippen LogP contribution < -0.4 is 0 Å². The number of carboxylic acids is 1. The summed E-state index contributed by atoms with van der Waals surface area (Å²) in [5, 5.41) is 11.7. The van der Waals surface area contributed by atoms with Crippen LogP contribution in [0.3, 0.4) is 0 Å². The number of methoxy groups -OCH3 is 1. The van der Waals surface area contributed by atoms with Gasteiger partial charge < -0.3 is 19.8 Å². The summed E-state index contributed by atoms with van der Waals surface area (Å²) < 4.78 is 4.87. The average Bonchev–Trinajstić information content (AvgIpc) is 3.75. The van der Waals surface area contributed by atoms with E-state index in [2.05, 4.69) is 52.4 Å². The number of carboxylic acid groups (broad SMARTS) is 1. The van der Waals surface area contributed by atoms with Gasteiger partial charge in [-0.15, -0.1) is 0 Å². The molecule has 6 heteroatoms. The molecule has 0 aliphatic heterocycles. The van der Waals surface area contributed by atoms with Crippen molar-refractivity contribution in [3.05, 3.63) is 119 Å². The molecule has 0 spiro atoms. The molecule has 2 heterocycles. The first-order chi connectivity index (χ1) is 24.0. The van der Waals surface area contributed by atoms with Gasteiger partial charge in [0.2, 0.25) is 0 Å². The minimum Gasteiger partial charge on any atom is -0.478 e. The lowest BCUT2D eigenvalue weighted by Crippen LogP contribution is -2.05. The molecule has 6 aromatic rings. The number of carbonyl (C=O) groups is 2. The zero-order valence-corrected chi connectivity index (χ0v) is 28.1. The first-order valence-corrected chi connectivity index (χ1v) is 17.8. The molecule has 250 valence electrons. The van der Waals surface area contributed by atoms with Gasteiger partial charge in [-0.1, -0.05) is 111 Å². The Morgan fingerprint density at radius 1 is 0.592 bits per heavy atom. The molecular formula is C43H44N2O4. The summed E-state index contributed by atoms with van der Waals surface area (Å²) in [7, 11) is 1.42. The summed E-state index contributed by atoms with van der Waals surface area (Å²) in [6.45, 7) is 0. The van der Waals surface area contributed by atoms with Crippen molar-refractivity contribution in [3.8, 4) is 22.5 Å². The van der Waals surface area contributed by atoms with Crippen molar-refractivity contribution in [2.24, 2.45) is 0 Å². The lowest BCUT2D eigenvalue weighted by atomic mass is 9.82. The Morgan fingerprint density at radius 2 is 1.02 bits per heavy atom. The van der Waals surface area contributed by atoms with Gasteiger partial charge >= 0.3 is 11.9 Å². The highest BCUT2D eigenvalue weighted by atomic mass is 16.5. The van der Waals surface area contributed by atoms with E-state index in [-0.39, 0.29) is 5.97 Å². The molecule has 2 saturated carbocycles. The van der Waals surface area contributed by atoms with Gasteiger partial charge in [0.25, 0.3) is 0 Å². The number of fused-ring (bicyclic) bond motifs is 2. The van der Waals surface area contributed by atoms with Crippen LogP contribution in [0, 0.1) is 0 Å². The van der Waals surface area contributed by atoms with Crippen molar-refractivity contribution < 1.29 is 19.4 Å². The van der Waals surface area contributed by atoms with Crippen molar-refractivity contribution in [1.82, 2.24) is 9.97 Å². The summed E-state index contributed by atoms with van der Waals surface area (Å²) in [6, 6.07) is 32.2. The lowest BCUT2D eigenvalue weighted by molar-refractivity contribution is 0.0600. The zero-order chi connectivity index (χ0) is 33.7. The zero-order valence-electron chi connectivity index (χ0n) is 28.1. The molecular weight excluding hydrogens is 608 g/mol. The van der Waals surface area contributed by atoms with E-state index < -0.39 is 5.97 Å². The van der Waals surface area contributed by atoms with Crippen LogP contribution in [0.25, 0.3) is 44.3 Å². The Labute approximate surface area is 287 Å². The maximum absolute atomic E-state index is 11.9. The molecule has 2 aliphatic carbocycles. The van der Waals surface area contributed by atoms with E-state index in [0.717, 1.165) is 16.7 Å². The minimum absolute atomic E-state index is 0.294. The van der Waals surface area contributed by atoms with Crippen LogP contribution in [0.2, 0.25) is 0 Å². The van der Waals surface area contributed by atoms with E-state index in [9.17, 15) is 14.7 Å². The van der Waals surface area contributed by atoms with Gasteiger partial charge in [-0.2, -0.15) is 0 Å². The van der Waals surface area contributed by atoms with Gasteiger partial charge in [0.15, 0.2) is 0 Å². The molecule has 3 N–H and O–H groups in total. The summed E-state index contributed by atoms with van der Waals surface area (Å²) in [4.78, 5) is 30.3. The van der Waals surface area contributed by atoms with E-state index in [0.29, 0.717) is 23.0 Å². The average molecular weight is 653 g/mol. The van der Waals surface area contributed by atoms with E-state index in [1.807, 2.05) is 42.5 Å². The molecule has 6 nitrogen and oxygen atoms in total. The third-order valence-electron chi connectivity index (χ3n) is 10.5. The largest absolute Gasteiger partial charge is 0.478 e. The Bertz CT molecular complexity index is 2060. The molecule has 0 bridgehead atoms. The van der Waals surface area contributed by atoms with E-state index in [1.165, 1.54) is 110 Å². The third-order valence-corrected chi connectivity index (χ3v) is 10.5. The predicted octanol–water partition coefficient (Wildman–Crippen LogP) is 11.2. The molecule has 4 aromatic carbocycles. The molecule has 0 amide bonds. The fourth-order valence-corrected chi connectivity index (χ4v) is 8.11. The molecule has 2 aromatic heterocycles. The number of aromatic nitrogens is 2. The summed E-state index contributed by atoms with van der Waals surface area (Å²) in [5.41, 5.74) is 10.4. The fourth-order valence-electron chi connectivity index (χ4n) is 8.11. The topological polar surface area (TPSA) is 95.2 Å². The van der Waals surface area contributed by atoms with E-state index >= 15 is 0 Å². The fraction of sp³-hybridized carbons (Fsp3) is 0.302. The number of rotatable bonds is 6. The standard InChI is InChI=1S/C22H23NO2.C21H21NO2/c1-25-22(24)17-12-13-18-19(14-17)23-21(16-10-6-3-7-11-16)20(18)15-8-4-2-5-9-15;23-21(24)16-11-12-17-18(13-16)22-20(15-9-5-2-6-10-15)19(17)14-7-3-1-4-8-14/h3,6-7,10-15,23H,2,4-5,8-9H2,1H3;2,5-6,9-14,22H,1,3-4,7-8H2,(H,23,24). The van der Waals surface area contributed by atoms with Gasteiger partial charge in [0.05, 0.1) is 18.2 Å². The number of carbonyl (C=O) groups excluding carboxylic acids is 1. The van der Waals surface area contributed by atoms with Gasteiger partial charge in [-0.3, -0.25) is 0 Å². The maximum atomic E-state index is 11.9. The van der Waals surface area contributed by atoms with Crippen molar-refractivity contribution in [3.63, 3.8) is 0 Å². The number of hydrogen-bond donors (Lipinski definition) is 3. The lowest BCUT2D eigenvalue weighted by Gasteiger charge is -2.23. The van der Waals surface area contributed by atoms with Crippen molar-refractivity contribution >= 4 is 33.7 Å². The van der Waals surface area contributed by atoms with Crippen LogP contribution in [0.5, 0.6) is 0 Å². The Kier molecular flexibility index (Phi) is 9.65. The molecule has 2 aliphatic rings. The molecule has 49 heavy (non-hydrogen) atoms. The van der Waals surface area contributed by atoms with Crippen molar-refractivity contribution in [2.75, 3.05) is 7.11 Å². The van der Waals surface area contributed by atoms with Crippen molar-refractivity contribution in [2.45, 2.75) is 76.0 Å². The number of H-pyrrole nitrogens is 2.